The van der Waals surface area contributed by atoms with Gasteiger partial charge in [-0.25, -0.2) is 4.98 Å². The van der Waals surface area contributed by atoms with Crippen molar-refractivity contribution in [3.05, 3.63) is 17.7 Å². The number of amides is 1. The number of esters is 1. The van der Waals surface area contributed by atoms with Gasteiger partial charge >= 0.3 is 12.6 Å². The average molecular weight is 592 g/mol. The molecule has 0 aromatic carbocycles. The standard InChI is InChI=1S/C31H43F2N3O4S/c1-39-26(37)14-19-6-5-11-36(18-19)25-10-9-24(29(34-25)41-23-7-3-2-4-8-23)28(38)35-27-21-12-20-13-22(27)17-31(15-20,16-21)40-30(32)33/h9-10,19-23,27,30H,2-8,11-18H2,1H3,(H,35,38)/t19-,20?,21?,22?,27-,31-/m0/s1. The van der Waals surface area contributed by atoms with E-state index >= 15 is 0 Å². The molecule has 1 N–H and O–H groups in total. The molecule has 0 radical (unpaired) electrons. The first kappa shape index (κ1) is 29.1. The number of anilines is 1. The minimum Gasteiger partial charge on any atom is -0.469 e. The molecule has 6 fully saturated rings. The van der Waals surface area contributed by atoms with Crippen LogP contribution in [0.5, 0.6) is 0 Å². The van der Waals surface area contributed by atoms with Crippen molar-refractivity contribution >= 4 is 29.5 Å². The lowest BCUT2D eigenvalue weighted by Crippen LogP contribution is -2.62. The molecular formula is C31H43F2N3O4S. The number of nitrogens with one attached hydrogen (secondary N) is 1. The van der Waals surface area contributed by atoms with E-state index in [1.165, 1.54) is 26.4 Å². The molecule has 1 aromatic heterocycles. The van der Waals surface area contributed by atoms with Crippen molar-refractivity contribution in [1.29, 1.82) is 0 Å². The molecule has 10 heteroatoms. The van der Waals surface area contributed by atoms with Crippen LogP contribution in [0.3, 0.4) is 0 Å². The Morgan fingerprint density at radius 1 is 1.10 bits per heavy atom. The van der Waals surface area contributed by atoms with Crippen molar-refractivity contribution in [3.8, 4) is 0 Å². The van der Waals surface area contributed by atoms with Crippen molar-refractivity contribution < 1.29 is 27.8 Å². The molecule has 7 nitrogen and oxygen atoms in total. The van der Waals surface area contributed by atoms with E-state index in [9.17, 15) is 18.4 Å². The Balaban J connectivity index is 1.20. The quantitative estimate of drug-likeness (QED) is 0.343. The molecule has 1 saturated heterocycles. The third kappa shape index (κ3) is 6.53. The summed E-state index contributed by atoms with van der Waals surface area (Å²) in [6.07, 6.45) is 12.2. The van der Waals surface area contributed by atoms with E-state index in [2.05, 4.69) is 10.2 Å². The number of halogens is 2. The van der Waals surface area contributed by atoms with Gasteiger partial charge in [0, 0.05) is 30.8 Å². The largest absolute Gasteiger partial charge is 0.469 e. The van der Waals surface area contributed by atoms with Gasteiger partial charge in [0.15, 0.2) is 0 Å². The van der Waals surface area contributed by atoms with E-state index in [1.807, 2.05) is 12.1 Å². The topological polar surface area (TPSA) is 80.8 Å². The number of carbonyl (C=O) groups is 2. The van der Waals surface area contributed by atoms with Gasteiger partial charge in [-0.15, -0.1) is 11.8 Å². The highest BCUT2D eigenvalue weighted by Crippen LogP contribution is 2.57. The van der Waals surface area contributed by atoms with E-state index in [4.69, 9.17) is 14.5 Å². The second kappa shape index (κ2) is 12.3. The number of hydrogen-bond acceptors (Lipinski definition) is 7. The van der Waals surface area contributed by atoms with Crippen molar-refractivity contribution in [2.75, 3.05) is 25.1 Å². The van der Waals surface area contributed by atoms with Crippen LogP contribution < -0.4 is 10.2 Å². The Morgan fingerprint density at radius 3 is 2.56 bits per heavy atom. The SMILES string of the molecule is COC(=O)C[C@@H]1CCCN(c2ccc(C(=O)N[C@H]3C4CC5CC3C[C@](OC(F)F)(C5)C4)c(SC3CCCCC3)n2)C1. The third-order valence-corrected chi connectivity index (χ3v) is 11.6. The highest BCUT2D eigenvalue weighted by atomic mass is 32.2. The molecule has 2 heterocycles. The molecule has 4 bridgehead atoms. The molecule has 1 aromatic rings. The second-order valence-electron chi connectivity index (χ2n) is 13.2. The number of methoxy groups -OCH3 is 1. The van der Waals surface area contributed by atoms with Crippen LogP contribution in [0.2, 0.25) is 0 Å². The Labute approximate surface area is 245 Å². The van der Waals surface area contributed by atoms with Crippen molar-refractivity contribution in [2.45, 2.75) is 112 Å². The van der Waals surface area contributed by atoms with E-state index < -0.39 is 12.2 Å². The predicted molar refractivity (Wildman–Crippen MR) is 153 cm³/mol. The van der Waals surface area contributed by atoms with E-state index in [0.29, 0.717) is 36.0 Å². The highest BCUT2D eigenvalue weighted by molar-refractivity contribution is 7.99. The predicted octanol–water partition coefficient (Wildman–Crippen LogP) is 6.20. The van der Waals surface area contributed by atoms with Crippen LogP contribution in [0.15, 0.2) is 17.2 Å². The molecule has 5 aliphatic carbocycles. The van der Waals surface area contributed by atoms with Crippen molar-refractivity contribution in [3.63, 3.8) is 0 Å². The number of rotatable bonds is 9. The number of aromatic nitrogens is 1. The summed E-state index contributed by atoms with van der Waals surface area (Å²) in [5.41, 5.74) is -0.114. The lowest BCUT2D eigenvalue weighted by molar-refractivity contribution is -0.260. The van der Waals surface area contributed by atoms with Gasteiger partial charge in [0.05, 0.1) is 18.3 Å². The summed E-state index contributed by atoms with van der Waals surface area (Å²) in [4.78, 5) is 33.1. The molecular weight excluding hydrogens is 548 g/mol. The number of pyridine rings is 1. The Morgan fingerprint density at radius 2 is 1.85 bits per heavy atom. The third-order valence-electron chi connectivity index (χ3n) is 10.3. The van der Waals surface area contributed by atoms with Gasteiger partial charge in [-0.2, -0.15) is 8.78 Å². The molecule has 3 atom stereocenters. The number of hydrogen-bond donors (Lipinski definition) is 1. The van der Waals surface area contributed by atoms with E-state index in [1.54, 1.807) is 11.8 Å². The minimum atomic E-state index is -2.75. The smallest absolute Gasteiger partial charge is 0.345 e. The normalized spacial score (nSPS) is 33.3. The fourth-order valence-electron chi connectivity index (χ4n) is 8.72. The van der Waals surface area contributed by atoms with Crippen LogP contribution >= 0.6 is 11.8 Å². The summed E-state index contributed by atoms with van der Waals surface area (Å²) in [6, 6.07) is 3.86. The van der Waals surface area contributed by atoms with Crippen LogP contribution in [-0.4, -0.2) is 60.6 Å². The zero-order valence-corrected chi connectivity index (χ0v) is 24.8. The summed E-state index contributed by atoms with van der Waals surface area (Å²) in [7, 11) is 1.43. The molecule has 226 valence electrons. The Bertz CT molecular complexity index is 1100. The first-order chi connectivity index (χ1) is 19.8. The molecule has 2 unspecified atom stereocenters. The average Bonchev–Trinajstić information content (AvgIpc) is 2.94. The van der Waals surface area contributed by atoms with Crippen molar-refractivity contribution in [2.24, 2.45) is 23.7 Å². The number of piperidine rings is 1. The van der Waals surface area contributed by atoms with Gasteiger partial charge in [-0.05, 0) is 93.6 Å². The number of thioether (sulfide) groups is 1. The first-order valence-electron chi connectivity index (χ1n) is 15.6. The zero-order valence-electron chi connectivity index (χ0n) is 24.0. The van der Waals surface area contributed by atoms with Crippen LogP contribution in [0.1, 0.15) is 93.8 Å². The van der Waals surface area contributed by atoms with Gasteiger partial charge in [0.1, 0.15) is 10.8 Å². The Kier molecular flexibility index (Phi) is 8.78. The molecule has 1 aliphatic heterocycles. The molecule has 1 amide bonds. The fourth-order valence-corrected chi connectivity index (χ4v) is 10.0. The van der Waals surface area contributed by atoms with Gasteiger partial charge < -0.3 is 19.7 Å². The van der Waals surface area contributed by atoms with Crippen LogP contribution in [0, 0.1) is 23.7 Å². The van der Waals surface area contributed by atoms with Crippen molar-refractivity contribution in [1.82, 2.24) is 10.3 Å². The summed E-state index contributed by atoms with van der Waals surface area (Å²) in [6.45, 7) is -1.13. The monoisotopic (exact) mass is 591 g/mol. The van der Waals surface area contributed by atoms with E-state index in [-0.39, 0.29) is 35.7 Å². The lowest BCUT2D eigenvalue weighted by Gasteiger charge is -2.59. The fraction of sp³-hybridized carbons (Fsp3) is 0.774. The van der Waals surface area contributed by atoms with Gasteiger partial charge in [0.25, 0.3) is 5.91 Å². The maximum Gasteiger partial charge on any atom is 0.345 e. The summed E-state index contributed by atoms with van der Waals surface area (Å²) < 4.78 is 36.6. The van der Waals surface area contributed by atoms with Crippen LogP contribution in [0.25, 0.3) is 0 Å². The number of nitrogens with zero attached hydrogens (tertiary/aromatic N) is 2. The molecule has 7 rings (SSSR count). The van der Waals surface area contributed by atoms with Crippen LogP contribution in [0.4, 0.5) is 14.6 Å². The number of carbonyl (C=O) groups excluding carboxylic acids is 2. The summed E-state index contributed by atoms with van der Waals surface area (Å²) in [5, 5.41) is 4.58. The Hall–Kier alpha value is -1.94. The number of ether oxygens (including phenoxy) is 2. The van der Waals surface area contributed by atoms with Gasteiger partial charge in [0.2, 0.25) is 0 Å². The lowest BCUT2D eigenvalue weighted by atomic mass is 9.52. The molecule has 6 aliphatic rings. The first-order valence-corrected chi connectivity index (χ1v) is 16.4. The summed E-state index contributed by atoms with van der Waals surface area (Å²) >= 11 is 1.73. The maximum absolute atomic E-state index is 13.9. The van der Waals surface area contributed by atoms with Gasteiger partial charge in [-0.1, -0.05) is 19.3 Å². The highest BCUT2D eigenvalue weighted by Gasteiger charge is 2.57. The van der Waals surface area contributed by atoms with E-state index in [0.717, 1.165) is 68.9 Å². The summed E-state index contributed by atoms with van der Waals surface area (Å²) in [5.74, 6) is 1.55. The second-order valence-corrected chi connectivity index (χ2v) is 14.5. The number of alkyl halides is 2. The molecule has 41 heavy (non-hydrogen) atoms. The van der Waals surface area contributed by atoms with Gasteiger partial charge in [-0.3, -0.25) is 9.59 Å². The molecule has 0 spiro atoms. The maximum atomic E-state index is 13.9. The van der Waals surface area contributed by atoms with Crippen LogP contribution in [-0.2, 0) is 14.3 Å². The minimum absolute atomic E-state index is 0.0122. The molecule has 5 saturated carbocycles. The zero-order chi connectivity index (χ0) is 28.6.